The molecule has 0 radical (unpaired) electrons. The first-order valence-electron chi connectivity index (χ1n) is 14.8. The fourth-order valence-electron chi connectivity index (χ4n) is 6.15. The van der Waals surface area contributed by atoms with E-state index in [4.69, 9.17) is 0 Å². The van der Waals surface area contributed by atoms with Crippen LogP contribution in [-0.4, -0.2) is 64.2 Å². The number of hydrogen-bond donors (Lipinski definition) is 4. The quantitative estimate of drug-likeness (QED) is 0.281. The topological polar surface area (TPSA) is 123 Å². The molecule has 220 valence electrons. The third-order valence-corrected chi connectivity index (χ3v) is 8.38. The minimum Gasteiger partial charge on any atom is -0.361 e. The van der Waals surface area contributed by atoms with Gasteiger partial charge in [0.1, 0.15) is 24.2 Å². The molecule has 4 amide bonds. The van der Waals surface area contributed by atoms with E-state index < -0.39 is 36.0 Å². The highest BCUT2D eigenvalue weighted by Gasteiger charge is 2.40. The second kappa shape index (κ2) is 12.5. The summed E-state index contributed by atoms with van der Waals surface area (Å²) < 4.78 is 0. The van der Waals surface area contributed by atoms with E-state index in [2.05, 4.69) is 20.9 Å². The first-order valence-corrected chi connectivity index (χ1v) is 14.8. The maximum absolute atomic E-state index is 14.0. The lowest BCUT2D eigenvalue weighted by Gasteiger charge is -2.32. The van der Waals surface area contributed by atoms with Crippen LogP contribution in [0.3, 0.4) is 0 Å². The number of carbonyl (C=O) groups excluding carboxylic acids is 4. The molecule has 2 fully saturated rings. The third kappa shape index (κ3) is 6.30. The zero-order valence-electron chi connectivity index (χ0n) is 23.8. The van der Waals surface area contributed by atoms with Gasteiger partial charge in [-0.05, 0) is 35.6 Å². The van der Waals surface area contributed by atoms with Crippen molar-refractivity contribution in [1.29, 1.82) is 0 Å². The molecule has 0 saturated carbocycles. The molecular formula is C34H35N5O4. The Morgan fingerprint density at radius 1 is 0.628 bits per heavy atom. The first kappa shape index (κ1) is 28.2. The van der Waals surface area contributed by atoms with Crippen LogP contribution in [0.5, 0.6) is 0 Å². The van der Waals surface area contributed by atoms with Crippen LogP contribution in [0.2, 0.25) is 0 Å². The molecule has 4 N–H and O–H groups in total. The smallest absolute Gasteiger partial charge is 0.246 e. The molecule has 9 heteroatoms. The highest BCUT2D eigenvalue weighted by molar-refractivity contribution is 5.98. The van der Waals surface area contributed by atoms with Crippen LogP contribution in [0.4, 0.5) is 0 Å². The molecule has 3 aromatic carbocycles. The van der Waals surface area contributed by atoms with Gasteiger partial charge in [-0.2, -0.15) is 0 Å². The Bertz CT molecular complexity index is 1620. The Labute approximate surface area is 250 Å². The number of nitrogens with one attached hydrogen (secondary N) is 4. The predicted octanol–water partition coefficient (Wildman–Crippen LogP) is 2.65. The fourth-order valence-corrected chi connectivity index (χ4v) is 6.15. The van der Waals surface area contributed by atoms with Crippen LogP contribution in [-0.2, 0) is 38.4 Å². The number of amides is 4. The van der Waals surface area contributed by atoms with E-state index in [0.717, 1.165) is 27.6 Å². The van der Waals surface area contributed by atoms with Crippen molar-refractivity contribution in [3.05, 3.63) is 108 Å². The summed E-state index contributed by atoms with van der Waals surface area (Å²) in [6.45, 7) is 0.409. The number of benzene rings is 3. The Morgan fingerprint density at radius 2 is 1.19 bits per heavy atom. The number of H-pyrrole nitrogens is 1. The summed E-state index contributed by atoms with van der Waals surface area (Å²) in [5.74, 6) is -1.56. The molecule has 4 atom stereocenters. The molecule has 4 aromatic rings. The zero-order chi connectivity index (χ0) is 29.8. The van der Waals surface area contributed by atoms with Crippen LogP contribution in [0.15, 0.2) is 91.1 Å². The largest absolute Gasteiger partial charge is 0.361 e. The summed E-state index contributed by atoms with van der Waals surface area (Å²) in [4.78, 5) is 60.3. The van der Waals surface area contributed by atoms with E-state index in [-0.39, 0.29) is 31.1 Å². The predicted molar refractivity (Wildman–Crippen MR) is 163 cm³/mol. The molecule has 0 spiro atoms. The van der Waals surface area contributed by atoms with Gasteiger partial charge in [0.15, 0.2) is 0 Å². The van der Waals surface area contributed by atoms with Crippen molar-refractivity contribution >= 4 is 34.5 Å². The molecule has 9 nitrogen and oxygen atoms in total. The van der Waals surface area contributed by atoms with Gasteiger partial charge in [-0.1, -0.05) is 78.9 Å². The molecule has 2 aliphatic rings. The Kier molecular flexibility index (Phi) is 8.22. The third-order valence-electron chi connectivity index (χ3n) is 8.38. The van der Waals surface area contributed by atoms with Crippen LogP contribution in [0.25, 0.3) is 10.9 Å². The van der Waals surface area contributed by atoms with Crippen LogP contribution in [0.1, 0.15) is 29.5 Å². The van der Waals surface area contributed by atoms with Gasteiger partial charge in [0.05, 0.1) is 0 Å². The molecule has 0 bridgehead atoms. The lowest BCUT2D eigenvalue weighted by molar-refractivity contribution is -0.143. The average molecular weight is 578 g/mol. The van der Waals surface area contributed by atoms with Gasteiger partial charge in [-0.25, -0.2) is 0 Å². The van der Waals surface area contributed by atoms with Crippen LogP contribution < -0.4 is 16.0 Å². The number of nitrogens with zero attached hydrogens (tertiary/aromatic N) is 1. The summed E-state index contributed by atoms with van der Waals surface area (Å²) in [6.07, 6.45) is 3.70. The van der Waals surface area contributed by atoms with Gasteiger partial charge < -0.3 is 25.8 Å². The lowest BCUT2D eigenvalue weighted by Crippen LogP contribution is -2.62. The minimum absolute atomic E-state index is 0.201. The number of para-hydroxylation sites is 1. The number of rotatable bonds is 6. The fraction of sp³-hybridized carbons (Fsp3) is 0.294. The summed E-state index contributed by atoms with van der Waals surface area (Å²) in [5, 5.41) is 9.78. The van der Waals surface area contributed by atoms with Crippen molar-refractivity contribution < 1.29 is 19.2 Å². The molecule has 0 aliphatic carbocycles. The average Bonchev–Trinajstić information content (AvgIpc) is 3.68. The van der Waals surface area contributed by atoms with Crippen LogP contribution in [0, 0.1) is 0 Å². The standard InChI is InChI=1S/C34H35N5O4/c40-31-27(18-22-10-3-1-4-11-22)37-33(42)30-16-9-17-39(30)34(43)29(19-23-12-5-2-6-13-23)38-32(41)28(36-31)20-24-21-35-26-15-8-7-14-25(24)26/h1-8,10-15,21,27-30,35H,9,16-20H2,(H,36,40)(H,37,42)(H,38,41)/t27-,28+,29+,30-/m0/s1. The second-order valence-electron chi connectivity index (χ2n) is 11.3. The van der Waals surface area contributed by atoms with Gasteiger partial charge in [0.25, 0.3) is 0 Å². The second-order valence-corrected chi connectivity index (χ2v) is 11.3. The Hall–Kier alpha value is -4.92. The van der Waals surface area contributed by atoms with Crippen molar-refractivity contribution in [3.8, 4) is 0 Å². The minimum atomic E-state index is -0.984. The van der Waals surface area contributed by atoms with Gasteiger partial charge in [0.2, 0.25) is 23.6 Å². The number of carbonyl (C=O) groups is 4. The van der Waals surface area contributed by atoms with Gasteiger partial charge in [-0.15, -0.1) is 0 Å². The van der Waals surface area contributed by atoms with Crippen molar-refractivity contribution in [2.45, 2.75) is 56.3 Å². The SMILES string of the molecule is O=C1N[C@H](Cc2c[nH]c3ccccc23)C(=O)N[C@H](Cc2ccccc2)C(=O)N2CCC[C@H]2C(=O)N[C@H]1Cc1ccccc1. The number of hydrogen-bond acceptors (Lipinski definition) is 4. The molecular weight excluding hydrogens is 542 g/mol. The van der Waals surface area contributed by atoms with Gasteiger partial charge >= 0.3 is 0 Å². The monoisotopic (exact) mass is 577 g/mol. The van der Waals surface area contributed by atoms with Crippen molar-refractivity contribution in [1.82, 2.24) is 25.8 Å². The molecule has 2 aliphatic heterocycles. The van der Waals surface area contributed by atoms with E-state index >= 15 is 0 Å². The zero-order valence-corrected chi connectivity index (χ0v) is 23.8. The molecule has 2 saturated heterocycles. The first-order chi connectivity index (χ1) is 21.0. The van der Waals surface area contributed by atoms with E-state index in [0.29, 0.717) is 19.4 Å². The number of aromatic amines is 1. The van der Waals surface area contributed by atoms with Gasteiger partial charge in [0, 0.05) is 42.9 Å². The van der Waals surface area contributed by atoms with Crippen molar-refractivity contribution in [2.75, 3.05) is 6.54 Å². The normalized spacial score (nSPS) is 23.1. The summed E-state index contributed by atoms with van der Waals surface area (Å²) in [5.41, 5.74) is 3.53. The molecule has 1 aromatic heterocycles. The molecule has 0 unspecified atom stereocenters. The highest BCUT2D eigenvalue weighted by atomic mass is 16.2. The van der Waals surface area contributed by atoms with Gasteiger partial charge in [-0.3, -0.25) is 19.2 Å². The Morgan fingerprint density at radius 3 is 1.88 bits per heavy atom. The summed E-state index contributed by atoms with van der Waals surface area (Å²) in [7, 11) is 0. The maximum Gasteiger partial charge on any atom is 0.246 e. The highest BCUT2D eigenvalue weighted by Crippen LogP contribution is 2.22. The number of aromatic nitrogens is 1. The maximum atomic E-state index is 14.0. The van der Waals surface area contributed by atoms with Crippen LogP contribution >= 0.6 is 0 Å². The van der Waals surface area contributed by atoms with E-state index in [9.17, 15) is 19.2 Å². The van der Waals surface area contributed by atoms with E-state index in [1.807, 2.05) is 91.1 Å². The summed E-state index contributed by atoms with van der Waals surface area (Å²) >= 11 is 0. The lowest BCUT2D eigenvalue weighted by atomic mass is 9.99. The van der Waals surface area contributed by atoms with E-state index in [1.165, 1.54) is 0 Å². The molecule has 6 rings (SSSR count). The number of fused-ring (bicyclic) bond motifs is 2. The van der Waals surface area contributed by atoms with Crippen molar-refractivity contribution in [2.24, 2.45) is 0 Å². The molecule has 3 heterocycles. The molecule has 43 heavy (non-hydrogen) atoms. The van der Waals surface area contributed by atoms with E-state index in [1.54, 1.807) is 4.90 Å². The Balaban J connectivity index is 1.36. The van der Waals surface area contributed by atoms with Crippen molar-refractivity contribution in [3.63, 3.8) is 0 Å². The summed E-state index contributed by atoms with van der Waals surface area (Å²) in [6, 6.07) is 23.1.